The van der Waals surface area contributed by atoms with Crippen LogP contribution in [0, 0.1) is 5.92 Å². The summed E-state index contributed by atoms with van der Waals surface area (Å²) in [5.74, 6) is 0.494. The summed E-state index contributed by atoms with van der Waals surface area (Å²) in [6.07, 6.45) is 2.55. The van der Waals surface area contributed by atoms with Crippen molar-refractivity contribution in [1.29, 1.82) is 0 Å². The Bertz CT molecular complexity index is 667. The molecule has 0 unspecified atom stereocenters. The zero-order valence-corrected chi connectivity index (χ0v) is 13.1. The molecule has 1 aromatic carbocycles. The number of carbonyl (C=O) groups is 2. The first-order chi connectivity index (χ1) is 11.2. The van der Waals surface area contributed by atoms with Gasteiger partial charge in [0.15, 0.2) is 0 Å². The summed E-state index contributed by atoms with van der Waals surface area (Å²) in [4.78, 5) is 26.4. The van der Waals surface area contributed by atoms with E-state index in [1.807, 2.05) is 36.4 Å². The van der Waals surface area contributed by atoms with Gasteiger partial charge in [-0.1, -0.05) is 30.3 Å². The molecule has 0 spiro atoms. The lowest BCUT2D eigenvalue weighted by atomic mass is 9.84. The number of hydrogen-bond acceptors (Lipinski definition) is 3. The topological polar surface area (TPSA) is 62.6 Å². The van der Waals surface area contributed by atoms with Gasteiger partial charge in [0.05, 0.1) is 24.8 Å². The normalized spacial score (nSPS) is 21.3. The lowest BCUT2D eigenvalue weighted by Crippen LogP contribution is -2.46. The van der Waals surface area contributed by atoms with Crippen molar-refractivity contribution in [2.24, 2.45) is 5.92 Å². The molecular formula is C18H20N2O3. The van der Waals surface area contributed by atoms with Gasteiger partial charge in [-0.2, -0.15) is 0 Å². The van der Waals surface area contributed by atoms with Crippen LogP contribution in [0.3, 0.4) is 0 Å². The molecule has 5 nitrogen and oxygen atoms in total. The number of likely N-dealkylation sites (tertiary alicyclic amines) is 1. The number of amides is 2. The number of benzene rings is 1. The first kappa shape index (κ1) is 15.3. The van der Waals surface area contributed by atoms with Crippen LogP contribution >= 0.6 is 0 Å². The third-order valence-electron chi connectivity index (χ3n) is 4.36. The van der Waals surface area contributed by atoms with E-state index in [-0.39, 0.29) is 23.8 Å². The van der Waals surface area contributed by atoms with E-state index in [9.17, 15) is 9.59 Å². The molecule has 1 fully saturated rings. The molecule has 0 bridgehead atoms. The number of carbonyl (C=O) groups excluding carboxylic acids is 2. The Morgan fingerprint density at radius 1 is 1.26 bits per heavy atom. The molecule has 0 aliphatic carbocycles. The minimum absolute atomic E-state index is 0.0467. The van der Waals surface area contributed by atoms with E-state index < -0.39 is 0 Å². The summed E-state index contributed by atoms with van der Waals surface area (Å²) in [6.45, 7) is 0.363. The smallest absolute Gasteiger partial charge is 0.225 e. The molecule has 2 aromatic rings. The second-order valence-electron chi connectivity index (χ2n) is 5.80. The molecule has 2 heterocycles. The molecule has 1 aliphatic heterocycles. The van der Waals surface area contributed by atoms with Gasteiger partial charge >= 0.3 is 0 Å². The van der Waals surface area contributed by atoms with Crippen LogP contribution in [0.4, 0.5) is 0 Å². The third-order valence-corrected chi connectivity index (χ3v) is 4.36. The van der Waals surface area contributed by atoms with Gasteiger partial charge in [0, 0.05) is 13.5 Å². The van der Waals surface area contributed by atoms with Gasteiger partial charge in [-0.05, 0) is 24.1 Å². The van der Waals surface area contributed by atoms with Crippen molar-refractivity contribution in [2.75, 3.05) is 7.05 Å². The van der Waals surface area contributed by atoms with Crippen molar-refractivity contribution >= 4 is 11.8 Å². The molecule has 0 saturated carbocycles. The summed E-state index contributed by atoms with van der Waals surface area (Å²) >= 11 is 0. The average Bonchev–Trinajstić information content (AvgIpc) is 3.09. The molecule has 1 aromatic heterocycles. The number of furan rings is 1. The molecule has 5 heteroatoms. The monoisotopic (exact) mass is 312 g/mol. The van der Waals surface area contributed by atoms with Crippen LogP contribution in [0.5, 0.6) is 0 Å². The van der Waals surface area contributed by atoms with Crippen molar-refractivity contribution in [3.63, 3.8) is 0 Å². The second-order valence-corrected chi connectivity index (χ2v) is 5.80. The zero-order valence-electron chi connectivity index (χ0n) is 13.1. The predicted molar refractivity (Wildman–Crippen MR) is 85.2 cm³/mol. The fourth-order valence-corrected chi connectivity index (χ4v) is 3.14. The van der Waals surface area contributed by atoms with Crippen LogP contribution in [0.1, 0.15) is 30.2 Å². The highest BCUT2D eigenvalue weighted by Gasteiger charge is 2.38. The molecule has 1 aliphatic rings. The maximum atomic E-state index is 12.6. The molecule has 23 heavy (non-hydrogen) atoms. The number of nitrogens with one attached hydrogen (secondary N) is 1. The number of hydrogen-bond donors (Lipinski definition) is 1. The summed E-state index contributed by atoms with van der Waals surface area (Å²) in [5.41, 5.74) is 0.987. The van der Waals surface area contributed by atoms with Crippen molar-refractivity contribution in [2.45, 2.75) is 25.4 Å². The van der Waals surface area contributed by atoms with Crippen LogP contribution in [-0.2, 0) is 16.1 Å². The highest BCUT2D eigenvalue weighted by Crippen LogP contribution is 2.35. The first-order valence-electron chi connectivity index (χ1n) is 7.77. The molecule has 2 atom stereocenters. The average molecular weight is 312 g/mol. The Morgan fingerprint density at radius 3 is 2.74 bits per heavy atom. The van der Waals surface area contributed by atoms with Gasteiger partial charge in [-0.25, -0.2) is 0 Å². The second kappa shape index (κ2) is 6.69. The quantitative estimate of drug-likeness (QED) is 0.943. The Labute approximate surface area is 135 Å². The van der Waals surface area contributed by atoms with E-state index in [2.05, 4.69) is 5.32 Å². The Balaban J connectivity index is 1.77. The highest BCUT2D eigenvalue weighted by atomic mass is 16.3. The van der Waals surface area contributed by atoms with E-state index in [4.69, 9.17) is 4.42 Å². The predicted octanol–water partition coefficient (Wildman–Crippen LogP) is 2.51. The fourth-order valence-electron chi connectivity index (χ4n) is 3.14. The number of rotatable bonds is 4. The Hall–Kier alpha value is -2.56. The third kappa shape index (κ3) is 3.28. The van der Waals surface area contributed by atoms with Gasteiger partial charge in [0.2, 0.25) is 11.8 Å². The lowest BCUT2D eigenvalue weighted by molar-refractivity contribution is -0.141. The maximum absolute atomic E-state index is 12.6. The van der Waals surface area contributed by atoms with Gasteiger partial charge in [-0.15, -0.1) is 0 Å². The van der Waals surface area contributed by atoms with Gasteiger partial charge in [0.1, 0.15) is 5.76 Å². The lowest BCUT2D eigenvalue weighted by Gasteiger charge is -2.38. The highest BCUT2D eigenvalue weighted by molar-refractivity contribution is 5.84. The number of piperidine rings is 1. The summed E-state index contributed by atoms with van der Waals surface area (Å²) in [6, 6.07) is 13.1. The zero-order chi connectivity index (χ0) is 16.2. The van der Waals surface area contributed by atoms with Gasteiger partial charge < -0.3 is 14.6 Å². The molecule has 3 rings (SSSR count). The molecule has 2 amide bonds. The minimum Gasteiger partial charge on any atom is -0.467 e. The van der Waals surface area contributed by atoms with E-state index in [0.717, 1.165) is 11.3 Å². The minimum atomic E-state index is -0.255. The fraction of sp³-hybridized carbons (Fsp3) is 0.333. The van der Waals surface area contributed by atoms with Crippen LogP contribution in [0.2, 0.25) is 0 Å². The first-order valence-corrected chi connectivity index (χ1v) is 7.77. The molecule has 1 saturated heterocycles. The Morgan fingerprint density at radius 2 is 2.04 bits per heavy atom. The molecule has 1 N–H and O–H groups in total. The van der Waals surface area contributed by atoms with Crippen LogP contribution in [0.15, 0.2) is 53.1 Å². The van der Waals surface area contributed by atoms with Crippen LogP contribution < -0.4 is 5.32 Å². The summed E-state index contributed by atoms with van der Waals surface area (Å²) in [5, 5.41) is 2.92. The van der Waals surface area contributed by atoms with Crippen molar-refractivity contribution in [3.8, 4) is 0 Å². The molecule has 120 valence electrons. The molecular weight excluding hydrogens is 292 g/mol. The summed E-state index contributed by atoms with van der Waals surface area (Å²) in [7, 11) is 1.77. The van der Waals surface area contributed by atoms with Gasteiger partial charge in [0.25, 0.3) is 0 Å². The van der Waals surface area contributed by atoms with Crippen LogP contribution in [-0.4, -0.2) is 23.8 Å². The van der Waals surface area contributed by atoms with E-state index in [1.165, 1.54) is 0 Å². The van der Waals surface area contributed by atoms with E-state index >= 15 is 0 Å². The SMILES string of the molecule is CN1C(=O)CC[C@H](C(=O)NCc2ccco2)[C@H]1c1ccccc1. The van der Waals surface area contributed by atoms with Crippen molar-refractivity contribution in [3.05, 3.63) is 60.1 Å². The number of nitrogens with zero attached hydrogens (tertiary/aromatic N) is 1. The van der Waals surface area contributed by atoms with E-state index in [0.29, 0.717) is 19.4 Å². The summed E-state index contributed by atoms with van der Waals surface area (Å²) < 4.78 is 5.24. The van der Waals surface area contributed by atoms with Crippen molar-refractivity contribution in [1.82, 2.24) is 10.2 Å². The largest absolute Gasteiger partial charge is 0.467 e. The van der Waals surface area contributed by atoms with Crippen molar-refractivity contribution < 1.29 is 14.0 Å². The Kier molecular flexibility index (Phi) is 4.46. The van der Waals surface area contributed by atoms with E-state index in [1.54, 1.807) is 24.3 Å². The van der Waals surface area contributed by atoms with Gasteiger partial charge in [-0.3, -0.25) is 9.59 Å². The maximum Gasteiger partial charge on any atom is 0.225 e. The standard InChI is InChI=1S/C18H20N2O3/c1-20-16(21)10-9-15(17(20)13-6-3-2-4-7-13)18(22)19-12-14-8-5-11-23-14/h2-8,11,15,17H,9-10,12H2,1H3,(H,19,22)/t15-,17+/m0/s1. The van der Waals surface area contributed by atoms with Crippen LogP contribution in [0.25, 0.3) is 0 Å². The molecule has 0 radical (unpaired) electrons.